The van der Waals surface area contributed by atoms with Gasteiger partial charge in [0.15, 0.2) is 5.78 Å². The molecule has 0 amide bonds. The van der Waals surface area contributed by atoms with Crippen LogP contribution in [-0.2, 0) is 16.1 Å². The quantitative estimate of drug-likeness (QED) is 0.921. The number of rotatable bonds is 3. The zero-order valence-electron chi connectivity index (χ0n) is 14.3. The molecule has 0 radical (unpaired) electrons. The normalized spacial score (nSPS) is 22.9. The minimum Gasteiger partial charge on any atom is -0.444 e. The van der Waals surface area contributed by atoms with Crippen molar-refractivity contribution in [3.8, 4) is 6.07 Å². The van der Waals surface area contributed by atoms with Crippen molar-refractivity contribution in [2.75, 3.05) is 0 Å². The van der Waals surface area contributed by atoms with Crippen LogP contribution in [-0.4, -0.2) is 15.6 Å². The van der Waals surface area contributed by atoms with E-state index in [4.69, 9.17) is 10.5 Å². The van der Waals surface area contributed by atoms with Crippen molar-refractivity contribution in [1.29, 1.82) is 5.26 Å². The minimum atomic E-state index is -0.479. The largest absolute Gasteiger partial charge is 0.444 e. The number of ketones is 1. The number of nitrogens with zero attached hydrogens (tertiary/aromatic N) is 3. The predicted molar refractivity (Wildman–Crippen MR) is 88.2 cm³/mol. The van der Waals surface area contributed by atoms with Gasteiger partial charge in [0.2, 0.25) is 5.88 Å². The van der Waals surface area contributed by atoms with E-state index in [2.05, 4.69) is 18.1 Å². The Hall–Kier alpha value is -2.55. The van der Waals surface area contributed by atoms with Crippen LogP contribution in [0.3, 0.4) is 0 Å². The smallest absolute Gasteiger partial charge is 0.205 e. The van der Waals surface area contributed by atoms with Crippen LogP contribution >= 0.6 is 0 Å². The number of aromatic nitrogens is 2. The maximum atomic E-state index is 12.8. The molecule has 1 unspecified atom stereocenters. The van der Waals surface area contributed by atoms with Crippen molar-refractivity contribution in [2.24, 2.45) is 11.1 Å². The van der Waals surface area contributed by atoms with E-state index in [9.17, 15) is 10.1 Å². The molecule has 0 saturated heterocycles. The summed E-state index contributed by atoms with van der Waals surface area (Å²) in [4.78, 5) is 12.8. The molecule has 1 atom stereocenters. The number of ether oxygens (including phenoxy) is 1. The van der Waals surface area contributed by atoms with Crippen molar-refractivity contribution in [3.05, 3.63) is 40.7 Å². The molecule has 6 heteroatoms. The maximum Gasteiger partial charge on any atom is 0.205 e. The molecule has 6 nitrogen and oxygen atoms in total. The minimum absolute atomic E-state index is 0.0229. The number of hydrogen-bond donors (Lipinski definition) is 1. The van der Waals surface area contributed by atoms with Crippen molar-refractivity contribution in [3.63, 3.8) is 0 Å². The second kappa shape index (κ2) is 5.82. The topological polar surface area (TPSA) is 93.9 Å². The molecule has 0 bridgehead atoms. The first-order valence-electron chi connectivity index (χ1n) is 8.22. The van der Waals surface area contributed by atoms with Crippen LogP contribution in [0, 0.1) is 16.7 Å². The van der Waals surface area contributed by atoms with Gasteiger partial charge < -0.3 is 10.5 Å². The number of carbonyl (C=O) groups excluding carboxylic acids is 1. The molecule has 1 aromatic heterocycles. The van der Waals surface area contributed by atoms with Crippen LogP contribution in [0.5, 0.6) is 0 Å². The van der Waals surface area contributed by atoms with Crippen molar-refractivity contribution in [2.45, 2.75) is 52.5 Å². The summed E-state index contributed by atoms with van der Waals surface area (Å²) in [5, 5.41) is 13.9. The summed E-state index contributed by atoms with van der Waals surface area (Å²) in [6.07, 6.45) is 5.63. The van der Waals surface area contributed by atoms with E-state index in [-0.39, 0.29) is 22.7 Å². The van der Waals surface area contributed by atoms with E-state index < -0.39 is 5.92 Å². The molecule has 0 spiro atoms. The van der Waals surface area contributed by atoms with E-state index in [1.165, 1.54) is 0 Å². The first-order chi connectivity index (χ1) is 11.4. The highest BCUT2D eigenvalue weighted by Crippen LogP contribution is 2.47. The van der Waals surface area contributed by atoms with E-state index >= 15 is 0 Å². The van der Waals surface area contributed by atoms with Crippen molar-refractivity contribution < 1.29 is 9.53 Å². The van der Waals surface area contributed by atoms with Gasteiger partial charge in [0.25, 0.3) is 0 Å². The molecular weight excluding hydrogens is 304 g/mol. The fraction of sp³-hybridized carbons (Fsp3) is 0.500. The molecular formula is C18H22N4O2. The average molecular weight is 326 g/mol. The van der Waals surface area contributed by atoms with E-state index in [1.807, 2.05) is 24.7 Å². The second-order valence-corrected chi connectivity index (χ2v) is 7.24. The highest BCUT2D eigenvalue weighted by atomic mass is 16.5. The molecule has 24 heavy (non-hydrogen) atoms. The number of allylic oxidation sites excluding steroid dienone is 3. The molecule has 0 aromatic carbocycles. The molecule has 2 heterocycles. The fourth-order valence-electron chi connectivity index (χ4n) is 3.50. The molecule has 1 aromatic rings. The molecule has 3 rings (SSSR count). The zero-order valence-corrected chi connectivity index (χ0v) is 14.3. The Morgan fingerprint density at radius 3 is 2.92 bits per heavy atom. The van der Waals surface area contributed by atoms with Gasteiger partial charge in [0, 0.05) is 36.7 Å². The van der Waals surface area contributed by atoms with Crippen LogP contribution < -0.4 is 5.73 Å². The van der Waals surface area contributed by atoms with Gasteiger partial charge in [0.1, 0.15) is 17.4 Å². The summed E-state index contributed by atoms with van der Waals surface area (Å²) in [5.74, 6) is 0.235. The summed E-state index contributed by atoms with van der Waals surface area (Å²) in [5.41, 5.74) is 7.48. The number of Topliss-reactive ketones (excluding diaryl/α,β-unsaturated/α-hetero) is 1. The van der Waals surface area contributed by atoms with Gasteiger partial charge in [-0.15, -0.1) is 0 Å². The van der Waals surface area contributed by atoms with Gasteiger partial charge in [-0.2, -0.15) is 10.4 Å². The molecule has 2 N–H and O–H groups in total. The first-order valence-corrected chi connectivity index (χ1v) is 8.22. The van der Waals surface area contributed by atoms with Crippen molar-refractivity contribution >= 4 is 5.78 Å². The Morgan fingerprint density at radius 1 is 1.50 bits per heavy atom. The first kappa shape index (κ1) is 16.3. The Bertz CT molecular complexity index is 792. The third-order valence-electron chi connectivity index (χ3n) is 4.51. The third-order valence-corrected chi connectivity index (χ3v) is 4.51. The molecule has 1 aliphatic heterocycles. The number of nitrogens with two attached hydrogens (primary N) is 1. The number of hydrogen-bond acceptors (Lipinski definition) is 5. The number of nitriles is 1. The van der Waals surface area contributed by atoms with E-state index in [0.717, 1.165) is 18.5 Å². The molecule has 0 saturated carbocycles. The standard InChI is InChI=1S/C18H22N4O2/c1-4-5-22-10-11(9-21-22)15-12(8-19)17(20)24-14-7-18(2,3)6-13(23)16(14)15/h9-10,15H,4-7,20H2,1-3H3. The van der Waals surface area contributed by atoms with Gasteiger partial charge in [-0.05, 0) is 11.8 Å². The summed E-state index contributed by atoms with van der Waals surface area (Å²) < 4.78 is 7.50. The molecule has 1 aliphatic carbocycles. The predicted octanol–water partition coefficient (Wildman–Crippen LogP) is 2.74. The van der Waals surface area contributed by atoms with Gasteiger partial charge in [-0.1, -0.05) is 20.8 Å². The van der Waals surface area contributed by atoms with E-state index in [0.29, 0.717) is 24.2 Å². The highest BCUT2D eigenvalue weighted by Gasteiger charge is 2.43. The fourth-order valence-corrected chi connectivity index (χ4v) is 3.50. The molecule has 2 aliphatic rings. The summed E-state index contributed by atoms with van der Waals surface area (Å²) in [6.45, 7) is 6.93. The SMILES string of the molecule is CCCn1cc(C2C(C#N)=C(N)OC3=C2C(=O)CC(C)(C)C3)cn1. The summed E-state index contributed by atoms with van der Waals surface area (Å²) >= 11 is 0. The maximum absolute atomic E-state index is 12.8. The second-order valence-electron chi connectivity index (χ2n) is 7.24. The monoisotopic (exact) mass is 326 g/mol. The third kappa shape index (κ3) is 2.71. The lowest BCUT2D eigenvalue weighted by Gasteiger charge is -2.36. The van der Waals surface area contributed by atoms with Crippen molar-refractivity contribution in [1.82, 2.24) is 9.78 Å². The molecule has 0 fully saturated rings. The van der Waals surface area contributed by atoms with Gasteiger partial charge in [-0.3, -0.25) is 9.48 Å². The van der Waals surface area contributed by atoms with E-state index in [1.54, 1.807) is 6.20 Å². The van der Waals surface area contributed by atoms with Crippen LogP contribution in [0.4, 0.5) is 0 Å². The lowest BCUT2D eigenvalue weighted by molar-refractivity contribution is -0.119. The lowest BCUT2D eigenvalue weighted by atomic mass is 9.70. The van der Waals surface area contributed by atoms with Gasteiger partial charge in [-0.25, -0.2) is 0 Å². The van der Waals surface area contributed by atoms with Crippen LogP contribution in [0.1, 0.15) is 51.5 Å². The average Bonchev–Trinajstić information content (AvgIpc) is 2.93. The lowest BCUT2D eigenvalue weighted by Crippen LogP contribution is -2.33. The number of aryl methyl sites for hydroxylation is 1. The van der Waals surface area contributed by atoms with Gasteiger partial charge >= 0.3 is 0 Å². The Morgan fingerprint density at radius 2 is 2.25 bits per heavy atom. The Balaban J connectivity index is 2.11. The molecule has 126 valence electrons. The summed E-state index contributed by atoms with van der Waals surface area (Å²) in [7, 11) is 0. The van der Waals surface area contributed by atoms with Crippen LogP contribution in [0.25, 0.3) is 0 Å². The van der Waals surface area contributed by atoms with Crippen LogP contribution in [0.15, 0.2) is 35.2 Å². The van der Waals surface area contributed by atoms with Gasteiger partial charge in [0.05, 0.1) is 12.1 Å². The van der Waals surface area contributed by atoms with Crippen LogP contribution in [0.2, 0.25) is 0 Å². The number of carbonyl (C=O) groups is 1. The Labute approximate surface area is 141 Å². The highest BCUT2D eigenvalue weighted by molar-refractivity contribution is 6.00. The summed E-state index contributed by atoms with van der Waals surface area (Å²) in [6, 6.07) is 2.12. The zero-order chi connectivity index (χ0) is 17.5. The Kier molecular flexibility index (Phi) is 3.96.